The monoisotopic (exact) mass is 579 g/mol. The highest BCUT2D eigenvalue weighted by atomic mass is 32.2. The van der Waals surface area contributed by atoms with E-state index in [2.05, 4.69) is 13.8 Å². The van der Waals surface area contributed by atoms with Gasteiger partial charge in [0, 0.05) is 5.25 Å². The van der Waals surface area contributed by atoms with Crippen molar-refractivity contribution in [3.05, 3.63) is 0 Å². The van der Waals surface area contributed by atoms with E-state index in [1.165, 1.54) is 89.9 Å². The van der Waals surface area contributed by atoms with Crippen LogP contribution in [0, 0.1) is 0 Å². The average Bonchev–Trinajstić information content (AvgIpc) is 2.91. The summed E-state index contributed by atoms with van der Waals surface area (Å²) in [5, 5.41) is 17.7. The molecule has 0 aromatic rings. The van der Waals surface area contributed by atoms with Crippen molar-refractivity contribution in [3.8, 4) is 0 Å². The van der Waals surface area contributed by atoms with Crippen molar-refractivity contribution in [2.75, 3.05) is 19.0 Å². The van der Waals surface area contributed by atoms with Crippen molar-refractivity contribution < 1.29 is 28.8 Å². The summed E-state index contributed by atoms with van der Waals surface area (Å²) in [5.74, 6) is -0.429. The molecule has 0 aliphatic rings. The second kappa shape index (κ2) is 25.7. The molecule has 38 heavy (non-hydrogen) atoms. The van der Waals surface area contributed by atoms with Gasteiger partial charge in [0.25, 0.3) is 0 Å². The molecule has 0 aliphatic heterocycles. The number of carboxylic acid groups (broad SMARTS) is 1. The van der Waals surface area contributed by atoms with Gasteiger partial charge < -0.3 is 14.9 Å². The van der Waals surface area contributed by atoms with E-state index in [1.807, 2.05) is 25.6 Å². The maximum atomic E-state index is 12.8. The Bertz CT molecular complexity index is 579. The molecule has 0 amide bonds. The third kappa shape index (κ3) is 17.5. The van der Waals surface area contributed by atoms with E-state index >= 15 is 0 Å². The van der Waals surface area contributed by atoms with Gasteiger partial charge >= 0.3 is 19.3 Å². The maximum Gasteiger partial charge on any atom is 0.559 e. The average molecular weight is 580 g/mol. The van der Waals surface area contributed by atoms with Crippen molar-refractivity contribution in [2.24, 2.45) is 0 Å². The summed E-state index contributed by atoms with van der Waals surface area (Å²) in [6.45, 7) is 7.48. The molecule has 0 saturated carbocycles. The first-order valence-corrected chi connectivity index (χ1v) is 17.9. The van der Waals surface area contributed by atoms with E-state index in [0.29, 0.717) is 6.42 Å². The Labute approximate surface area is 239 Å². The van der Waals surface area contributed by atoms with E-state index in [-0.39, 0.29) is 11.9 Å². The molecular weight excluding hydrogens is 519 g/mol. The van der Waals surface area contributed by atoms with Crippen LogP contribution in [0.4, 0.5) is 0 Å². The van der Waals surface area contributed by atoms with Crippen LogP contribution in [0.3, 0.4) is 0 Å². The highest BCUT2D eigenvalue weighted by molar-refractivity contribution is 7.99. The Hall–Kier alpha value is -0.200. The van der Waals surface area contributed by atoms with Gasteiger partial charge in [0.1, 0.15) is 13.2 Å². The number of aliphatic carboxylic acids is 1. The fourth-order valence-corrected chi connectivity index (χ4v) is 6.99. The lowest BCUT2D eigenvalue weighted by Crippen LogP contribution is -2.46. The summed E-state index contributed by atoms with van der Waals surface area (Å²) in [7, 11) is -2.72. The Balaban J connectivity index is 4.82. The summed E-state index contributed by atoms with van der Waals surface area (Å²) >= 11 is 1.84. The molecular formula is C30H60O6PS+. The molecule has 0 rings (SSSR count). The minimum absolute atomic E-state index is 0.0871. The number of thioether (sulfide) groups is 1. The van der Waals surface area contributed by atoms with Crippen LogP contribution in [0.1, 0.15) is 150 Å². The number of hydrogen-bond acceptors (Lipinski definition) is 6. The lowest BCUT2D eigenvalue weighted by Gasteiger charge is -2.28. The van der Waals surface area contributed by atoms with E-state index < -0.39 is 32.1 Å². The minimum atomic E-state index is -2.72. The number of ether oxygens (including phenoxy) is 1. The smallest absolute Gasteiger partial charge is 0.476 e. The van der Waals surface area contributed by atoms with E-state index in [1.54, 1.807) is 0 Å². The first kappa shape index (κ1) is 37.8. The molecule has 0 heterocycles. The lowest BCUT2D eigenvalue weighted by molar-refractivity contribution is -0.164. The number of aliphatic hydroxyl groups excluding tert-OH is 1. The fourth-order valence-electron chi connectivity index (χ4n) is 4.58. The summed E-state index contributed by atoms with van der Waals surface area (Å²) < 4.78 is 23.9. The number of unbranched alkanes of at least 4 members (excludes halogenated alkanes) is 15. The van der Waals surface area contributed by atoms with Gasteiger partial charge in [-0.05, 0) is 36.5 Å². The molecule has 0 bridgehead atoms. The zero-order valence-electron chi connectivity index (χ0n) is 25.1. The van der Waals surface area contributed by atoms with Crippen molar-refractivity contribution >= 4 is 25.8 Å². The summed E-state index contributed by atoms with van der Waals surface area (Å²) in [5.41, 5.74) is 0. The first-order valence-electron chi connectivity index (χ1n) is 15.6. The second-order valence-electron chi connectivity index (χ2n) is 10.7. The zero-order chi connectivity index (χ0) is 28.5. The number of hydrogen-bond donors (Lipinski definition) is 2. The van der Waals surface area contributed by atoms with Crippen LogP contribution in [0.25, 0.3) is 0 Å². The van der Waals surface area contributed by atoms with Crippen LogP contribution < -0.4 is 0 Å². The van der Waals surface area contributed by atoms with Crippen LogP contribution in [-0.4, -0.2) is 51.8 Å². The molecule has 0 fully saturated rings. The molecule has 0 aromatic carbocycles. The number of carboxylic acids is 1. The van der Waals surface area contributed by atoms with Gasteiger partial charge in [-0.25, -0.2) is 4.79 Å². The molecule has 0 aliphatic carbocycles. The van der Waals surface area contributed by atoms with Gasteiger partial charge in [0.05, 0.1) is 6.10 Å². The maximum absolute atomic E-state index is 12.8. The van der Waals surface area contributed by atoms with Crippen LogP contribution >= 0.6 is 19.8 Å². The lowest BCUT2D eigenvalue weighted by atomic mass is 10.1. The minimum Gasteiger partial charge on any atom is -0.476 e. The van der Waals surface area contributed by atoms with Crippen LogP contribution in [-0.2, 0) is 18.6 Å². The Morgan fingerprint density at radius 3 is 1.71 bits per heavy atom. The predicted molar refractivity (Wildman–Crippen MR) is 163 cm³/mol. The molecule has 0 aromatic heterocycles. The van der Waals surface area contributed by atoms with Gasteiger partial charge in [0.2, 0.25) is 0 Å². The molecule has 0 saturated heterocycles. The van der Waals surface area contributed by atoms with Gasteiger partial charge in [-0.3, -0.25) is 0 Å². The molecule has 0 radical (unpaired) electrons. The van der Waals surface area contributed by atoms with E-state index in [4.69, 9.17) is 9.26 Å². The third-order valence-corrected chi connectivity index (χ3v) is 10.1. The highest BCUT2D eigenvalue weighted by Crippen LogP contribution is 2.43. The molecule has 2 N–H and O–H groups in total. The SMILES string of the molecule is CCCCCCCCCCCCSC(CCCCCCCCC)C(C)OC(CO)(C(=O)O)[P+](=O)OCCC. The fraction of sp³-hybridized carbons (Fsp3) is 0.967. The van der Waals surface area contributed by atoms with Crippen molar-refractivity contribution in [1.29, 1.82) is 0 Å². The Morgan fingerprint density at radius 1 is 0.789 bits per heavy atom. The van der Waals surface area contributed by atoms with E-state index in [0.717, 1.165) is 31.4 Å². The van der Waals surface area contributed by atoms with Crippen LogP contribution in [0.15, 0.2) is 0 Å². The molecule has 6 nitrogen and oxygen atoms in total. The number of rotatable bonds is 29. The standard InChI is InChI=1S/C30H59O6PS/c1-5-8-10-12-14-15-16-18-20-22-25-38-28(23-21-19-17-13-11-9-6-2)27(4)36-30(26-31,29(32)33)37(34)35-24-7-3/h27-28,31H,5-26H2,1-4H3/p+1. The van der Waals surface area contributed by atoms with Crippen LogP contribution in [0.2, 0.25) is 0 Å². The van der Waals surface area contributed by atoms with Crippen molar-refractivity contribution in [3.63, 3.8) is 0 Å². The zero-order valence-corrected chi connectivity index (χ0v) is 26.8. The van der Waals surface area contributed by atoms with Crippen molar-refractivity contribution in [1.82, 2.24) is 0 Å². The van der Waals surface area contributed by atoms with Gasteiger partial charge in [-0.15, -0.1) is 4.52 Å². The molecule has 4 unspecified atom stereocenters. The second-order valence-corrected chi connectivity index (χ2v) is 13.5. The summed E-state index contributed by atoms with van der Waals surface area (Å²) in [6.07, 6.45) is 22.6. The molecule has 226 valence electrons. The first-order chi connectivity index (χ1) is 18.4. The van der Waals surface area contributed by atoms with Gasteiger partial charge in [-0.2, -0.15) is 11.8 Å². The predicted octanol–water partition coefficient (Wildman–Crippen LogP) is 9.50. The Kier molecular flexibility index (Phi) is 25.6. The summed E-state index contributed by atoms with van der Waals surface area (Å²) in [6, 6.07) is 0. The van der Waals surface area contributed by atoms with Gasteiger partial charge in [0.15, 0.2) is 0 Å². The summed E-state index contributed by atoms with van der Waals surface area (Å²) in [4.78, 5) is 12.1. The topological polar surface area (TPSA) is 93.1 Å². The molecule has 8 heteroatoms. The van der Waals surface area contributed by atoms with Gasteiger partial charge in [-0.1, -0.05) is 124 Å². The quantitative estimate of drug-likeness (QED) is 0.0673. The highest BCUT2D eigenvalue weighted by Gasteiger charge is 2.62. The Morgan fingerprint density at radius 2 is 1.26 bits per heavy atom. The third-order valence-electron chi connectivity index (χ3n) is 7.08. The van der Waals surface area contributed by atoms with Crippen LogP contribution in [0.5, 0.6) is 0 Å². The van der Waals surface area contributed by atoms with Crippen molar-refractivity contribution in [2.45, 2.75) is 166 Å². The number of carbonyl (C=O) groups is 1. The largest absolute Gasteiger partial charge is 0.559 e. The molecule has 0 spiro atoms. The molecule has 4 atom stereocenters. The normalized spacial score (nSPS) is 15.2. The number of aliphatic hydroxyl groups is 1. The van der Waals surface area contributed by atoms with E-state index in [9.17, 15) is 19.6 Å².